The summed E-state index contributed by atoms with van der Waals surface area (Å²) in [6, 6.07) is 0. The molecule has 0 atom stereocenters. The molecule has 33 heavy (non-hydrogen) atoms. The number of hydrogen-bond donors (Lipinski definition) is 0. The summed E-state index contributed by atoms with van der Waals surface area (Å²) in [6.45, 7) is 6.71. The van der Waals surface area contributed by atoms with Crippen LogP contribution in [0, 0.1) is 0 Å². The van der Waals surface area contributed by atoms with Crippen LogP contribution in [-0.2, 0) is 63.1 Å². The highest BCUT2D eigenvalue weighted by atomic mass is 32.2. The number of rotatable bonds is 12. The number of hydrogen-bond acceptors (Lipinski definition) is 15. The second-order valence-electron chi connectivity index (χ2n) is 5.19. The summed E-state index contributed by atoms with van der Waals surface area (Å²) in [4.78, 5) is 41.7. The summed E-state index contributed by atoms with van der Waals surface area (Å²) in [5.41, 5.74) is 0. The van der Waals surface area contributed by atoms with E-state index in [9.17, 15) is 45.1 Å². The summed E-state index contributed by atoms with van der Waals surface area (Å²) in [5, 5.41) is 0. The Morgan fingerprint density at radius 3 is 1.27 bits per heavy atom. The minimum Gasteiger partial charge on any atom is -0.748 e. The van der Waals surface area contributed by atoms with Crippen LogP contribution in [0.25, 0.3) is 0 Å². The normalized spacial score (nSPS) is 10.4. The van der Waals surface area contributed by atoms with E-state index in [-0.39, 0.29) is 25.8 Å². The number of esters is 4. The molecule has 0 N–H and O–H groups in total. The molecular weight excluding hydrogens is 496 g/mol. The fraction of sp³-hybridized carbons (Fsp3) is 0.750. The average Bonchev–Trinajstić information content (AvgIpc) is 2.66. The number of carbonyl (C=O) groups is 4. The maximum Gasteiger partial charge on any atom is 0.322 e. The van der Waals surface area contributed by atoms with E-state index >= 15 is 0 Å². The lowest BCUT2D eigenvalue weighted by Crippen LogP contribution is -2.20. The summed E-state index contributed by atoms with van der Waals surface area (Å²) < 4.78 is 81.6. The predicted octanol–water partition coefficient (Wildman–Crippen LogP) is -0.986. The molecule has 196 valence electrons. The molecule has 0 aromatic carbocycles. The van der Waals surface area contributed by atoms with Crippen LogP contribution in [0.2, 0.25) is 0 Å². The van der Waals surface area contributed by atoms with Crippen molar-refractivity contribution in [3.05, 3.63) is 0 Å². The molecule has 0 saturated heterocycles. The lowest BCUT2D eigenvalue weighted by atomic mass is 10.5. The molecule has 0 rings (SSSR count). The molecule has 0 spiro atoms. The van der Waals surface area contributed by atoms with Crippen LogP contribution in [0.5, 0.6) is 0 Å². The van der Waals surface area contributed by atoms with E-state index in [0.717, 1.165) is 0 Å². The molecule has 0 aromatic heterocycles. The van der Waals surface area contributed by atoms with Gasteiger partial charge < -0.3 is 32.8 Å². The van der Waals surface area contributed by atoms with Gasteiger partial charge in [0.15, 0.2) is 6.79 Å². The second kappa shape index (κ2) is 20.3. The zero-order chi connectivity index (χ0) is 26.5. The van der Waals surface area contributed by atoms with Crippen molar-refractivity contribution in [3.63, 3.8) is 0 Å². The highest BCUT2D eigenvalue weighted by Gasteiger charge is 2.08. The molecule has 0 radical (unpaired) electrons. The van der Waals surface area contributed by atoms with Crippen LogP contribution >= 0.6 is 0 Å². The molecule has 0 aliphatic carbocycles. The maximum absolute atomic E-state index is 10.5. The number of ether oxygens (including phenoxy) is 5. The van der Waals surface area contributed by atoms with Crippen molar-refractivity contribution in [2.75, 3.05) is 38.3 Å². The van der Waals surface area contributed by atoms with E-state index < -0.39 is 56.4 Å². The van der Waals surface area contributed by atoms with E-state index in [1.54, 1.807) is 6.92 Å². The number of carbonyl (C=O) groups excluding carboxylic acids is 4. The predicted molar refractivity (Wildman–Crippen MR) is 106 cm³/mol. The molecule has 0 bridgehead atoms. The molecule has 0 aliphatic heterocycles. The van der Waals surface area contributed by atoms with Crippen molar-refractivity contribution >= 4 is 44.1 Å². The molecule has 0 amide bonds. The minimum atomic E-state index is -4.64. The molecule has 0 saturated carbocycles. The van der Waals surface area contributed by atoms with Gasteiger partial charge in [0.25, 0.3) is 0 Å². The van der Waals surface area contributed by atoms with Gasteiger partial charge in [-0.15, -0.1) is 0 Å². The van der Waals surface area contributed by atoms with Crippen LogP contribution in [0.4, 0.5) is 0 Å². The Kier molecular flexibility index (Phi) is 21.7. The zero-order valence-corrected chi connectivity index (χ0v) is 20.2. The standard InChI is InChI=1S/C6H10O7S.C6H12O3.C4H8O5S/c1-2-5(7)12-4-13-6(8)3-14(9,10)11;1-3-6(7)9-5-8-4-2;1-2-9-4(5)3-10(6,7)8/h2-4H2,1H3,(H,9,10,11);3-5H2,1-2H3;2-3H2,1H3,(H,6,7,8)/p-2. The van der Waals surface area contributed by atoms with E-state index in [0.29, 0.717) is 13.0 Å². The first-order chi connectivity index (χ1) is 15.1. The first-order valence-corrected chi connectivity index (χ1v) is 12.3. The molecule has 15 nitrogen and oxygen atoms in total. The van der Waals surface area contributed by atoms with Crippen molar-refractivity contribution in [2.45, 2.75) is 40.5 Å². The van der Waals surface area contributed by atoms with Crippen molar-refractivity contribution < 1.29 is 68.8 Å². The maximum atomic E-state index is 10.5. The average molecular weight is 525 g/mol. The molecule has 0 heterocycles. The van der Waals surface area contributed by atoms with Crippen LogP contribution in [-0.4, -0.2) is 88.1 Å². The third kappa shape index (κ3) is 34.5. The van der Waals surface area contributed by atoms with Gasteiger partial charge in [-0.05, 0) is 13.8 Å². The fourth-order valence-electron chi connectivity index (χ4n) is 1.09. The minimum absolute atomic E-state index is 0.0777. The lowest BCUT2D eigenvalue weighted by Gasteiger charge is -2.07. The molecular formula is C16H28O15S2-2. The summed E-state index contributed by atoms with van der Waals surface area (Å²) in [7, 11) is -9.11. The van der Waals surface area contributed by atoms with E-state index in [4.69, 9.17) is 4.74 Å². The highest BCUT2D eigenvalue weighted by Crippen LogP contribution is 1.89. The quantitative estimate of drug-likeness (QED) is 0.0981. The topological polar surface area (TPSA) is 229 Å². The van der Waals surface area contributed by atoms with Crippen LogP contribution in [0.15, 0.2) is 0 Å². The van der Waals surface area contributed by atoms with Crippen LogP contribution in [0.1, 0.15) is 40.5 Å². The summed E-state index contributed by atoms with van der Waals surface area (Å²) in [5.74, 6) is -5.41. The Labute approximate surface area is 192 Å². The zero-order valence-electron chi connectivity index (χ0n) is 18.6. The lowest BCUT2D eigenvalue weighted by molar-refractivity contribution is -0.165. The van der Waals surface area contributed by atoms with Crippen molar-refractivity contribution in [3.8, 4) is 0 Å². The van der Waals surface area contributed by atoms with Crippen LogP contribution < -0.4 is 0 Å². The molecule has 0 aliphatic rings. The van der Waals surface area contributed by atoms with Gasteiger partial charge in [-0.2, -0.15) is 0 Å². The van der Waals surface area contributed by atoms with Gasteiger partial charge >= 0.3 is 23.9 Å². The van der Waals surface area contributed by atoms with E-state index in [2.05, 4.69) is 18.9 Å². The SMILES string of the molecule is CCC(=O)OCOC(=O)CS(=O)(=O)[O-].CCOC(=O)CS(=O)(=O)[O-].CCOCOC(=O)CC. The molecule has 0 aromatic rings. The van der Waals surface area contributed by atoms with Gasteiger partial charge in [0.1, 0.15) is 31.7 Å². The summed E-state index contributed by atoms with van der Waals surface area (Å²) >= 11 is 0. The van der Waals surface area contributed by atoms with Crippen molar-refractivity contribution in [2.24, 2.45) is 0 Å². The van der Waals surface area contributed by atoms with Crippen molar-refractivity contribution in [1.29, 1.82) is 0 Å². The Morgan fingerprint density at radius 1 is 0.576 bits per heavy atom. The fourth-order valence-corrected chi connectivity index (χ4v) is 1.83. The summed E-state index contributed by atoms with van der Waals surface area (Å²) in [6.07, 6.45) is 0.518. The Morgan fingerprint density at radius 2 is 0.939 bits per heavy atom. The van der Waals surface area contributed by atoms with Gasteiger partial charge in [-0.1, -0.05) is 13.8 Å². The first-order valence-electron chi connectivity index (χ1n) is 9.19. The largest absolute Gasteiger partial charge is 0.748 e. The van der Waals surface area contributed by atoms with E-state index in [1.165, 1.54) is 13.8 Å². The second-order valence-corrected chi connectivity index (χ2v) is 8.00. The molecule has 0 fully saturated rings. The molecule has 0 unspecified atom stereocenters. The van der Waals surface area contributed by atoms with Gasteiger partial charge in [0.2, 0.25) is 6.79 Å². The van der Waals surface area contributed by atoms with Gasteiger partial charge in [0.05, 0.1) is 6.61 Å². The van der Waals surface area contributed by atoms with Crippen LogP contribution in [0.3, 0.4) is 0 Å². The van der Waals surface area contributed by atoms with Gasteiger partial charge in [0, 0.05) is 19.4 Å². The molecule has 17 heteroatoms. The van der Waals surface area contributed by atoms with Gasteiger partial charge in [-0.3, -0.25) is 19.2 Å². The highest BCUT2D eigenvalue weighted by molar-refractivity contribution is 7.86. The Balaban J connectivity index is -0.000000423. The van der Waals surface area contributed by atoms with E-state index in [1.807, 2.05) is 6.92 Å². The third-order valence-electron chi connectivity index (χ3n) is 2.42. The Bertz CT molecular complexity index is 787. The smallest absolute Gasteiger partial charge is 0.322 e. The third-order valence-corrected chi connectivity index (χ3v) is 3.60. The first kappa shape index (κ1) is 35.3. The monoisotopic (exact) mass is 524 g/mol. The van der Waals surface area contributed by atoms with Crippen molar-refractivity contribution in [1.82, 2.24) is 0 Å². The Hall–Kier alpha value is -2.34. The van der Waals surface area contributed by atoms with Gasteiger partial charge in [-0.25, -0.2) is 16.8 Å².